The van der Waals surface area contributed by atoms with Gasteiger partial charge in [-0.25, -0.2) is 9.65 Å². The van der Waals surface area contributed by atoms with E-state index in [1.165, 1.54) is 19.3 Å². The SMILES string of the molecule is CCOc1ccc2c(C#N)c(-c3ccc([NH2+]P(=O)(OC)OC)cc3)n(CC)c2c1. The van der Waals surface area contributed by atoms with Gasteiger partial charge in [-0.1, -0.05) is 0 Å². The molecule has 2 aromatic carbocycles. The van der Waals surface area contributed by atoms with Gasteiger partial charge in [0.1, 0.15) is 17.5 Å². The molecule has 7 nitrogen and oxygen atoms in total. The van der Waals surface area contributed by atoms with Crippen molar-refractivity contribution in [1.82, 2.24) is 4.57 Å². The van der Waals surface area contributed by atoms with Gasteiger partial charge in [0, 0.05) is 18.0 Å². The van der Waals surface area contributed by atoms with E-state index in [1.807, 2.05) is 56.3 Å². The number of fused-ring (bicyclic) bond motifs is 1. The highest BCUT2D eigenvalue weighted by Gasteiger charge is 2.27. The molecule has 3 rings (SSSR count). The first-order valence-electron chi connectivity index (χ1n) is 9.36. The molecule has 0 amide bonds. The summed E-state index contributed by atoms with van der Waals surface area (Å²) in [7, 11) is -0.549. The highest BCUT2D eigenvalue weighted by atomic mass is 31.2. The van der Waals surface area contributed by atoms with Gasteiger partial charge in [0.05, 0.1) is 37.6 Å². The van der Waals surface area contributed by atoms with Crippen molar-refractivity contribution in [3.8, 4) is 23.1 Å². The van der Waals surface area contributed by atoms with Crippen molar-refractivity contribution in [3.63, 3.8) is 0 Å². The van der Waals surface area contributed by atoms with Crippen LogP contribution in [-0.4, -0.2) is 25.4 Å². The summed E-state index contributed by atoms with van der Waals surface area (Å²) < 4.78 is 30.0. The molecule has 0 spiro atoms. The van der Waals surface area contributed by atoms with Crippen LogP contribution >= 0.6 is 7.75 Å². The number of benzene rings is 2. The molecule has 0 atom stereocenters. The van der Waals surface area contributed by atoms with Crippen molar-refractivity contribution in [2.75, 3.05) is 20.8 Å². The van der Waals surface area contributed by atoms with Gasteiger partial charge in [-0.2, -0.15) is 5.26 Å². The van der Waals surface area contributed by atoms with Gasteiger partial charge >= 0.3 is 7.75 Å². The smallest absolute Gasteiger partial charge is 0.494 e. The number of nitrogens with zero attached hydrogens (tertiary/aromatic N) is 2. The van der Waals surface area contributed by atoms with Gasteiger partial charge in [0.25, 0.3) is 0 Å². The number of quaternary nitrogens is 1. The second-order valence-electron chi connectivity index (χ2n) is 6.35. The standard InChI is InChI=1S/C21H24N3O4P/c1-5-24-20-13-17(28-6-2)11-12-18(20)19(14-22)21(24)15-7-9-16(10-8-15)23-29(25,26-3)27-4/h7-13H,5-6H2,1-4H3,(H,23,25)/p+1. The summed E-state index contributed by atoms with van der Waals surface area (Å²) >= 11 is 0. The minimum atomic E-state index is -3.25. The molecule has 152 valence electrons. The van der Waals surface area contributed by atoms with Crippen molar-refractivity contribution < 1.29 is 23.4 Å². The van der Waals surface area contributed by atoms with Crippen LogP contribution in [0.1, 0.15) is 19.4 Å². The average molecular weight is 414 g/mol. The Labute approximate surface area is 170 Å². The Hall–Kier alpha value is -2.62. The fraction of sp³-hybridized carbons (Fsp3) is 0.286. The minimum absolute atomic E-state index is 0.584. The largest absolute Gasteiger partial charge is 0.532 e. The predicted molar refractivity (Wildman–Crippen MR) is 112 cm³/mol. The van der Waals surface area contributed by atoms with Gasteiger partial charge < -0.3 is 9.30 Å². The summed E-state index contributed by atoms with van der Waals surface area (Å²) in [5.74, 6) is 0.781. The van der Waals surface area contributed by atoms with Crippen LogP contribution in [0.15, 0.2) is 42.5 Å². The Kier molecular flexibility index (Phi) is 6.41. The molecule has 0 unspecified atom stereocenters. The Bertz CT molecular complexity index is 1090. The van der Waals surface area contributed by atoms with Crippen molar-refractivity contribution in [1.29, 1.82) is 5.26 Å². The number of rotatable bonds is 8. The lowest BCUT2D eigenvalue weighted by Crippen LogP contribution is -2.72. The molecule has 8 heteroatoms. The number of aromatic nitrogens is 1. The highest BCUT2D eigenvalue weighted by molar-refractivity contribution is 7.46. The fourth-order valence-electron chi connectivity index (χ4n) is 3.42. The number of hydrogen-bond donors (Lipinski definition) is 1. The van der Waals surface area contributed by atoms with E-state index >= 15 is 0 Å². The Morgan fingerprint density at radius 3 is 2.34 bits per heavy atom. The number of hydrogen-bond acceptors (Lipinski definition) is 5. The second-order valence-corrected chi connectivity index (χ2v) is 8.42. The lowest BCUT2D eigenvalue weighted by atomic mass is 10.1. The van der Waals surface area contributed by atoms with Gasteiger partial charge in [-0.15, -0.1) is 0 Å². The first-order chi connectivity index (χ1) is 14.0. The number of aryl methyl sites for hydroxylation is 1. The van der Waals surface area contributed by atoms with Crippen molar-refractivity contribution >= 4 is 24.3 Å². The lowest BCUT2D eigenvalue weighted by molar-refractivity contribution is -0.432. The molecule has 2 N–H and O–H groups in total. The van der Waals surface area contributed by atoms with Gasteiger partial charge in [0.15, 0.2) is 0 Å². The molecule has 0 radical (unpaired) electrons. The number of nitrogens with two attached hydrogens (primary N) is 1. The lowest BCUT2D eigenvalue weighted by Gasteiger charge is -2.11. The van der Waals surface area contributed by atoms with Crippen molar-refractivity contribution in [2.24, 2.45) is 0 Å². The van der Waals surface area contributed by atoms with E-state index in [0.717, 1.165) is 33.6 Å². The van der Waals surface area contributed by atoms with Crippen LogP contribution < -0.4 is 9.82 Å². The van der Waals surface area contributed by atoms with E-state index in [1.54, 1.807) is 0 Å². The molecular weight excluding hydrogens is 389 g/mol. The Morgan fingerprint density at radius 1 is 1.10 bits per heavy atom. The van der Waals surface area contributed by atoms with Crippen LogP contribution in [0.2, 0.25) is 0 Å². The first kappa shape index (κ1) is 21.1. The van der Waals surface area contributed by atoms with Crippen LogP contribution in [0.5, 0.6) is 5.75 Å². The Morgan fingerprint density at radius 2 is 1.79 bits per heavy atom. The molecule has 0 saturated carbocycles. The third-order valence-corrected chi connectivity index (χ3v) is 6.41. The van der Waals surface area contributed by atoms with Gasteiger partial charge in [0.2, 0.25) is 0 Å². The van der Waals surface area contributed by atoms with Crippen LogP contribution in [-0.2, 0) is 20.2 Å². The zero-order valence-electron chi connectivity index (χ0n) is 17.0. The molecule has 1 aromatic heterocycles. The summed E-state index contributed by atoms with van der Waals surface area (Å²) in [6.45, 7) is 5.29. The summed E-state index contributed by atoms with van der Waals surface area (Å²) in [5.41, 5.74) is 4.06. The third kappa shape index (κ3) is 4.07. The molecular formula is C21H25N3O4P+. The zero-order chi connectivity index (χ0) is 21.0. The van der Waals surface area contributed by atoms with Crippen molar-refractivity contribution in [3.05, 3.63) is 48.0 Å². The summed E-state index contributed by atoms with van der Waals surface area (Å²) in [5, 5.41) is 12.2. The molecule has 0 bridgehead atoms. The molecule has 0 fully saturated rings. The van der Waals surface area contributed by atoms with Crippen LogP contribution in [0.3, 0.4) is 0 Å². The van der Waals surface area contributed by atoms with E-state index < -0.39 is 7.75 Å². The normalized spacial score (nSPS) is 11.6. The topological polar surface area (TPSA) is 90.1 Å². The zero-order valence-corrected chi connectivity index (χ0v) is 17.9. The van der Waals surface area contributed by atoms with Crippen molar-refractivity contribution in [2.45, 2.75) is 20.4 Å². The molecule has 0 aliphatic rings. The summed E-state index contributed by atoms with van der Waals surface area (Å²) in [6, 6.07) is 15.7. The average Bonchev–Trinajstić information content (AvgIpc) is 3.07. The van der Waals surface area contributed by atoms with E-state index in [2.05, 4.69) is 10.6 Å². The van der Waals surface area contributed by atoms with Gasteiger partial charge in [-0.05, 0) is 55.8 Å². The summed E-state index contributed by atoms with van der Waals surface area (Å²) in [4.78, 5) is 0. The minimum Gasteiger partial charge on any atom is -0.494 e. The Balaban J connectivity index is 2.09. The first-order valence-corrected chi connectivity index (χ1v) is 11.0. The monoisotopic (exact) mass is 414 g/mol. The number of ether oxygens (including phenoxy) is 1. The highest BCUT2D eigenvalue weighted by Crippen LogP contribution is 2.37. The third-order valence-electron chi connectivity index (χ3n) is 4.78. The molecule has 3 aromatic rings. The van der Waals surface area contributed by atoms with Gasteiger partial charge in [-0.3, -0.25) is 9.05 Å². The fourth-order valence-corrected chi connectivity index (χ4v) is 4.31. The molecule has 0 aliphatic carbocycles. The van der Waals surface area contributed by atoms with Crippen LogP contribution in [0.4, 0.5) is 5.69 Å². The summed E-state index contributed by atoms with van der Waals surface area (Å²) in [6.07, 6.45) is 0. The predicted octanol–water partition coefficient (Wildman–Crippen LogP) is 4.19. The second kappa shape index (κ2) is 8.81. The number of nitriles is 1. The van der Waals surface area contributed by atoms with E-state index in [-0.39, 0.29) is 0 Å². The molecule has 0 aliphatic heterocycles. The molecule has 29 heavy (non-hydrogen) atoms. The maximum Gasteiger partial charge on any atom is 0.532 e. The van der Waals surface area contributed by atoms with E-state index in [9.17, 15) is 9.83 Å². The molecule has 0 saturated heterocycles. The molecule has 1 heterocycles. The van der Waals surface area contributed by atoms with E-state index in [4.69, 9.17) is 13.8 Å². The van der Waals surface area contributed by atoms with Crippen LogP contribution in [0.25, 0.3) is 22.2 Å². The maximum absolute atomic E-state index is 12.3. The van der Waals surface area contributed by atoms with E-state index in [0.29, 0.717) is 18.7 Å². The van der Waals surface area contributed by atoms with Crippen LogP contribution in [0, 0.1) is 11.3 Å². The maximum atomic E-state index is 12.3. The quantitative estimate of drug-likeness (QED) is 0.441.